The van der Waals surface area contributed by atoms with Crippen molar-refractivity contribution < 1.29 is 14.2 Å². The van der Waals surface area contributed by atoms with Crippen LogP contribution >= 0.6 is 0 Å². The average molecular weight is 467 g/mol. The van der Waals surface area contributed by atoms with Crippen LogP contribution in [0.4, 0.5) is 5.69 Å². The number of para-hydroxylation sites is 2. The Kier molecular flexibility index (Phi) is 5.47. The average Bonchev–Trinajstić information content (AvgIpc) is 3.31. The number of methoxy groups -OCH3 is 2. The molecule has 0 aliphatic carbocycles. The van der Waals surface area contributed by atoms with Crippen LogP contribution in [0.2, 0.25) is 0 Å². The second-order valence-corrected chi connectivity index (χ2v) is 8.48. The van der Waals surface area contributed by atoms with E-state index in [1.807, 2.05) is 36.4 Å². The van der Waals surface area contributed by atoms with Gasteiger partial charge in [0, 0.05) is 24.3 Å². The number of ether oxygens (including phenoxy) is 3. The van der Waals surface area contributed by atoms with Crippen LogP contribution in [0.5, 0.6) is 11.5 Å². The minimum Gasteiger partial charge on any atom is -0.493 e. The highest BCUT2D eigenvalue weighted by atomic mass is 16.5. The van der Waals surface area contributed by atoms with E-state index >= 15 is 0 Å². The Bertz CT molecular complexity index is 1500. The monoisotopic (exact) mass is 466 g/mol. The lowest BCUT2D eigenvalue weighted by molar-refractivity contribution is 0.122. The molecule has 3 aromatic carbocycles. The van der Waals surface area contributed by atoms with Crippen LogP contribution in [0, 0.1) is 0 Å². The molecule has 0 atom stereocenters. The van der Waals surface area contributed by atoms with E-state index in [-0.39, 0.29) is 0 Å². The SMILES string of the molecule is COc1ccc(-c2cc(-c3ccc(N4CCOCC4)cc3)n3c(n2)nc2ccccc23)cc1OC. The van der Waals surface area contributed by atoms with Crippen LogP contribution in [0.25, 0.3) is 39.3 Å². The van der Waals surface area contributed by atoms with Gasteiger partial charge in [0.2, 0.25) is 5.78 Å². The first-order valence-corrected chi connectivity index (χ1v) is 11.7. The molecule has 0 unspecified atom stereocenters. The lowest BCUT2D eigenvalue weighted by atomic mass is 10.1. The van der Waals surface area contributed by atoms with Gasteiger partial charge in [-0.15, -0.1) is 0 Å². The van der Waals surface area contributed by atoms with Crippen molar-refractivity contribution in [1.29, 1.82) is 0 Å². The first kappa shape index (κ1) is 21.4. The lowest BCUT2D eigenvalue weighted by Crippen LogP contribution is -2.36. The maximum absolute atomic E-state index is 5.53. The van der Waals surface area contributed by atoms with Crippen molar-refractivity contribution in [3.05, 3.63) is 72.8 Å². The fourth-order valence-electron chi connectivity index (χ4n) is 4.68. The minimum absolute atomic E-state index is 0.658. The van der Waals surface area contributed by atoms with Gasteiger partial charge in [-0.2, -0.15) is 0 Å². The molecule has 2 aromatic heterocycles. The van der Waals surface area contributed by atoms with E-state index in [0.717, 1.165) is 59.9 Å². The summed E-state index contributed by atoms with van der Waals surface area (Å²) in [5.41, 5.74) is 7.03. The molecule has 1 aliphatic heterocycles. The Morgan fingerprint density at radius 3 is 2.29 bits per heavy atom. The van der Waals surface area contributed by atoms with Gasteiger partial charge in [-0.1, -0.05) is 24.3 Å². The number of benzene rings is 3. The van der Waals surface area contributed by atoms with Gasteiger partial charge in [0.25, 0.3) is 0 Å². The summed E-state index contributed by atoms with van der Waals surface area (Å²) in [5, 5.41) is 0. The van der Waals surface area contributed by atoms with Crippen molar-refractivity contribution in [1.82, 2.24) is 14.4 Å². The fourth-order valence-corrected chi connectivity index (χ4v) is 4.68. The lowest BCUT2D eigenvalue weighted by Gasteiger charge is -2.29. The molecular weight excluding hydrogens is 440 g/mol. The van der Waals surface area contributed by atoms with Crippen molar-refractivity contribution in [3.8, 4) is 34.0 Å². The molecule has 1 fully saturated rings. The molecule has 0 bridgehead atoms. The molecule has 1 saturated heterocycles. The summed E-state index contributed by atoms with van der Waals surface area (Å²) in [6, 6.07) is 24.8. The molecule has 1 aliphatic rings. The topological polar surface area (TPSA) is 61.1 Å². The molecule has 0 radical (unpaired) electrons. The predicted octanol–water partition coefficient (Wildman–Crippen LogP) is 5.07. The molecule has 35 heavy (non-hydrogen) atoms. The van der Waals surface area contributed by atoms with Gasteiger partial charge >= 0.3 is 0 Å². The van der Waals surface area contributed by atoms with Crippen LogP contribution in [0.3, 0.4) is 0 Å². The third kappa shape index (κ3) is 3.84. The second-order valence-electron chi connectivity index (χ2n) is 8.48. The van der Waals surface area contributed by atoms with Gasteiger partial charge in [0.05, 0.1) is 49.9 Å². The summed E-state index contributed by atoms with van der Waals surface area (Å²) < 4.78 is 18.6. The number of anilines is 1. The maximum Gasteiger partial charge on any atom is 0.235 e. The normalized spacial score (nSPS) is 13.9. The highest BCUT2D eigenvalue weighted by Gasteiger charge is 2.17. The van der Waals surface area contributed by atoms with Crippen LogP contribution in [0.15, 0.2) is 72.8 Å². The summed E-state index contributed by atoms with van der Waals surface area (Å²) in [6.45, 7) is 3.35. The molecular formula is C28H26N4O3. The third-order valence-corrected chi connectivity index (χ3v) is 6.50. The van der Waals surface area contributed by atoms with Crippen LogP contribution < -0.4 is 14.4 Å². The van der Waals surface area contributed by atoms with E-state index in [9.17, 15) is 0 Å². The van der Waals surface area contributed by atoms with Crippen LogP contribution in [-0.4, -0.2) is 54.9 Å². The number of fused-ring (bicyclic) bond motifs is 3. The summed E-state index contributed by atoms with van der Waals surface area (Å²) in [5.74, 6) is 2.00. The minimum atomic E-state index is 0.658. The largest absolute Gasteiger partial charge is 0.493 e. The Hall–Kier alpha value is -4.10. The molecule has 0 saturated carbocycles. The summed E-state index contributed by atoms with van der Waals surface area (Å²) in [7, 11) is 3.28. The van der Waals surface area contributed by atoms with Gasteiger partial charge in [-0.25, -0.2) is 9.97 Å². The van der Waals surface area contributed by atoms with Crippen molar-refractivity contribution in [3.63, 3.8) is 0 Å². The molecule has 0 N–H and O–H groups in total. The quantitative estimate of drug-likeness (QED) is 0.360. The van der Waals surface area contributed by atoms with E-state index in [1.54, 1.807) is 14.2 Å². The second kappa shape index (κ2) is 8.92. The first-order valence-electron chi connectivity index (χ1n) is 11.7. The molecule has 0 amide bonds. The number of nitrogens with zero attached hydrogens (tertiary/aromatic N) is 4. The van der Waals surface area contributed by atoms with E-state index in [0.29, 0.717) is 17.3 Å². The fraction of sp³-hybridized carbons (Fsp3) is 0.214. The Morgan fingerprint density at radius 2 is 1.51 bits per heavy atom. The predicted molar refractivity (Wildman–Crippen MR) is 138 cm³/mol. The van der Waals surface area contributed by atoms with Crippen LogP contribution in [0.1, 0.15) is 0 Å². The number of imidazole rings is 1. The van der Waals surface area contributed by atoms with Gasteiger partial charge in [0.1, 0.15) is 0 Å². The molecule has 7 nitrogen and oxygen atoms in total. The molecule has 0 spiro atoms. The van der Waals surface area contributed by atoms with Gasteiger partial charge in [-0.05, 0) is 54.1 Å². The Labute approximate surface area is 203 Å². The molecule has 176 valence electrons. The van der Waals surface area contributed by atoms with Gasteiger partial charge in [-0.3, -0.25) is 4.40 Å². The standard InChI is InChI=1S/C28H26N4O3/c1-33-26-12-9-20(17-27(26)34-2)23-18-25(32-24-6-4-3-5-22(24)29-28(32)30-23)19-7-10-21(11-8-19)31-13-15-35-16-14-31/h3-12,17-18H,13-16H2,1-2H3. The zero-order valence-electron chi connectivity index (χ0n) is 19.8. The van der Waals surface area contributed by atoms with Crippen molar-refractivity contribution in [2.45, 2.75) is 0 Å². The van der Waals surface area contributed by atoms with Crippen LogP contribution in [-0.2, 0) is 4.74 Å². The number of morpholine rings is 1. The Morgan fingerprint density at radius 1 is 0.771 bits per heavy atom. The van der Waals surface area contributed by atoms with E-state index in [2.05, 4.69) is 45.7 Å². The zero-order valence-corrected chi connectivity index (χ0v) is 19.8. The van der Waals surface area contributed by atoms with Crippen molar-refractivity contribution in [2.24, 2.45) is 0 Å². The first-order chi connectivity index (χ1) is 17.2. The van der Waals surface area contributed by atoms with Crippen molar-refractivity contribution >= 4 is 22.5 Å². The molecule has 5 aromatic rings. The summed E-state index contributed by atoms with van der Waals surface area (Å²) in [6.07, 6.45) is 0. The number of rotatable bonds is 5. The number of hydrogen-bond acceptors (Lipinski definition) is 6. The highest BCUT2D eigenvalue weighted by Crippen LogP contribution is 2.35. The van der Waals surface area contributed by atoms with Crippen molar-refractivity contribution in [2.75, 3.05) is 45.4 Å². The molecule has 7 heteroatoms. The summed E-state index contributed by atoms with van der Waals surface area (Å²) >= 11 is 0. The van der Waals surface area contributed by atoms with E-state index < -0.39 is 0 Å². The zero-order chi connectivity index (χ0) is 23.8. The Balaban J connectivity index is 1.52. The molecule has 6 rings (SSSR count). The van der Waals surface area contributed by atoms with E-state index in [4.69, 9.17) is 24.2 Å². The number of hydrogen-bond donors (Lipinski definition) is 0. The van der Waals surface area contributed by atoms with E-state index in [1.165, 1.54) is 5.69 Å². The summed E-state index contributed by atoms with van der Waals surface area (Å²) in [4.78, 5) is 12.1. The van der Waals surface area contributed by atoms with Gasteiger partial charge in [0.15, 0.2) is 11.5 Å². The smallest absolute Gasteiger partial charge is 0.235 e. The number of aromatic nitrogens is 3. The maximum atomic E-state index is 5.53. The third-order valence-electron chi connectivity index (χ3n) is 6.50. The highest BCUT2D eigenvalue weighted by molar-refractivity contribution is 5.84. The molecule has 3 heterocycles. The van der Waals surface area contributed by atoms with Gasteiger partial charge < -0.3 is 19.1 Å².